The molecule has 6 nitrogen and oxygen atoms in total. The van der Waals surface area contributed by atoms with Crippen LogP contribution < -0.4 is 11.1 Å². The molecular formula is C15H11N3O3S2. The number of nitrogens with one attached hydrogen (secondary N) is 1. The minimum atomic E-state index is -0.567. The summed E-state index contributed by atoms with van der Waals surface area (Å²) >= 11 is 2.81. The van der Waals surface area contributed by atoms with E-state index in [4.69, 9.17) is 10.2 Å². The van der Waals surface area contributed by atoms with Crippen molar-refractivity contribution in [3.8, 4) is 11.5 Å². The number of primary amides is 1. The standard InChI is InChI=1S/C15H11N3O3S2/c16-14(20)9-6-12(21-7-9)11-8-23-15(17-11)18-13(19)4-3-10-2-1-5-22-10/h1-8H,(H2,16,20)(H,17,18,19)/b4-3+. The SMILES string of the molecule is NC(=O)c1coc(-c2csc(NC(=O)/C=C/c3cccs3)n2)c1. The zero-order chi connectivity index (χ0) is 16.2. The fourth-order valence-electron chi connectivity index (χ4n) is 1.74. The average molecular weight is 345 g/mol. The van der Waals surface area contributed by atoms with Gasteiger partial charge in [-0.25, -0.2) is 4.98 Å². The first-order valence-electron chi connectivity index (χ1n) is 6.48. The van der Waals surface area contributed by atoms with E-state index in [1.165, 1.54) is 29.7 Å². The van der Waals surface area contributed by atoms with Gasteiger partial charge >= 0.3 is 0 Å². The number of nitrogens with two attached hydrogens (primary N) is 1. The van der Waals surface area contributed by atoms with Crippen molar-refractivity contribution in [2.75, 3.05) is 5.32 Å². The Hall–Kier alpha value is -2.71. The first kappa shape index (κ1) is 15.2. The Morgan fingerprint density at radius 1 is 1.35 bits per heavy atom. The lowest BCUT2D eigenvalue weighted by atomic mass is 10.3. The first-order valence-corrected chi connectivity index (χ1v) is 8.24. The maximum atomic E-state index is 11.8. The molecule has 0 aliphatic rings. The molecule has 0 aromatic carbocycles. The summed E-state index contributed by atoms with van der Waals surface area (Å²) < 4.78 is 5.24. The van der Waals surface area contributed by atoms with Crippen molar-refractivity contribution in [3.05, 3.63) is 51.7 Å². The van der Waals surface area contributed by atoms with E-state index in [-0.39, 0.29) is 11.5 Å². The third-order valence-corrected chi connectivity index (χ3v) is 4.41. The van der Waals surface area contributed by atoms with Crippen LogP contribution in [0.15, 0.2) is 45.7 Å². The molecule has 0 radical (unpaired) electrons. The highest BCUT2D eigenvalue weighted by Gasteiger charge is 2.12. The molecule has 2 amide bonds. The summed E-state index contributed by atoms with van der Waals surface area (Å²) in [4.78, 5) is 28.1. The molecule has 3 aromatic rings. The number of aromatic nitrogens is 1. The van der Waals surface area contributed by atoms with Gasteiger partial charge in [-0.3, -0.25) is 14.9 Å². The van der Waals surface area contributed by atoms with Crippen molar-refractivity contribution in [3.63, 3.8) is 0 Å². The minimum Gasteiger partial charge on any atom is -0.462 e. The first-order chi connectivity index (χ1) is 11.1. The molecule has 3 rings (SSSR count). The molecule has 8 heteroatoms. The Morgan fingerprint density at radius 3 is 2.91 bits per heavy atom. The van der Waals surface area contributed by atoms with Crippen LogP contribution in [0.4, 0.5) is 5.13 Å². The molecule has 0 saturated heterocycles. The van der Waals surface area contributed by atoms with Crippen LogP contribution in [0, 0.1) is 0 Å². The van der Waals surface area contributed by atoms with Gasteiger partial charge in [0.1, 0.15) is 12.0 Å². The Kier molecular flexibility index (Phi) is 4.35. The van der Waals surface area contributed by atoms with Crippen LogP contribution in [0.3, 0.4) is 0 Å². The number of rotatable bonds is 5. The normalized spacial score (nSPS) is 11.0. The molecule has 116 valence electrons. The summed E-state index contributed by atoms with van der Waals surface area (Å²) in [7, 11) is 0. The minimum absolute atomic E-state index is 0.267. The zero-order valence-corrected chi connectivity index (χ0v) is 13.3. The van der Waals surface area contributed by atoms with Gasteiger partial charge in [-0.05, 0) is 23.6 Å². The highest BCUT2D eigenvalue weighted by Crippen LogP contribution is 2.26. The molecule has 0 aliphatic heterocycles. The molecule has 0 aliphatic carbocycles. The summed E-state index contributed by atoms with van der Waals surface area (Å²) in [6.07, 6.45) is 4.46. The Labute approximate surface area is 139 Å². The van der Waals surface area contributed by atoms with E-state index in [1.807, 2.05) is 17.5 Å². The predicted molar refractivity (Wildman–Crippen MR) is 90.3 cm³/mol. The van der Waals surface area contributed by atoms with Crippen LogP contribution in [0.25, 0.3) is 17.5 Å². The van der Waals surface area contributed by atoms with E-state index in [9.17, 15) is 9.59 Å². The highest BCUT2D eigenvalue weighted by molar-refractivity contribution is 7.14. The quantitative estimate of drug-likeness (QED) is 0.694. The van der Waals surface area contributed by atoms with Gasteiger partial charge in [-0.15, -0.1) is 22.7 Å². The van der Waals surface area contributed by atoms with Crippen LogP contribution in [0.1, 0.15) is 15.2 Å². The Morgan fingerprint density at radius 2 is 2.22 bits per heavy atom. The molecule has 0 spiro atoms. The number of hydrogen-bond donors (Lipinski definition) is 2. The van der Waals surface area contributed by atoms with Gasteiger partial charge in [0.05, 0.1) is 5.56 Å². The molecule has 0 atom stereocenters. The van der Waals surface area contributed by atoms with Crippen molar-refractivity contribution < 1.29 is 14.0 Å². The summed E-state index contributed by atoms with van der Waals surface area (Å²) in [5, 5.41) is 6.78. The molecule has 3 aromatic heterocycles. The molecule has 3 N–H and O–H groups in total. The third kappa shape index (κ3) is 3.74. The van der Waals surface area contributed by atoms with E-state index in [1.54, 1.807) is 22.8 Å². The molecule has 0 saturated carbocycles. The summed E-state index contributed by atoms with van der Waals surface area (Å²) in [6, 6.07) is 5.35. The van der Waals surface area contributed by atoms with Gasteiger partial charge < -0.3 is 10.2 Å². The lowest BCUT2D eigenvalue weighted by Crippen LogP contribution is -2.09. The van der Waals surface area contributed by atoms with E-state index in [0.29, 0.717) is 16.6 Å². The number of thiazole rings is 1. The third-order valence-electron chi connectivity index (χ3n) is 2.81. The summed E-state index contributed by atoms with van der Waals surface area (Å²) in [5.74, 6) is -0.413. The summed E-state index contributed by atoms with van der Waals surface area (Å²) in [5.41, 5.74) is 5.97. The van der Waals surface area contributed by atoms with E-state index in [2.05, 4.69) is 10.3 Å². The fraction of sp³-hybridized carbons (Fsp3) is 0. The van der Waals surface area contributed by atoms with Crippen LogP contribution in [-0.4, -0.2) is 16.8 Å². The monoisotopic (exact) mass is 345 g/mol. The topological polar surface area (TPSA) is 98.2 Å². The van der Waals surface area contributed by atoms with Crippen molar-refractivity contribution in [1.29, 1.82) is 0 Å². The van der Waals surface area contributed by atoms with E-state index >= 15 is 0 Å². The van der Waals surface area contributed by atoms with Gasteiger partial charge in [0.25, 0.3) is 5.91 Å². The largest absolute Gasteiger partial charge is 0.462 e. The Balaban J connectivity index is 1.67. The molecular weight excluding hydrogens is 334 g/mol. The maximum Gasteiger partial charge on any atom is 0.251 e. The van der Waals surface area contributed by atoms with Crippen molar-refractivity contribution in [2.45, 2.75) is 0 Å². The summed E-state index contributed by atoms with van der Waals surface area (Å²) in [6.45, 7) is 0. The smallest absolute Gasteiger partial charge is 0.251 e. The van der Waals surface area contributed by atoms with Gasteiger partial charge in [-0.1, -0.05) is 6.07 Å². The van der Waals surface area contributed by atoms with Crippen molar-refractivity contribution >= 4 is 45.7 Å². The zero-order valence-electron chi connectivity index (χ0n) is 11.7. The predicted octanol–water partition coefficient (Wildman–Crippen LogP) is 3.22. The van der Waals surface area contributed by atoms with Crippen molar-refractivity contribution in [2.24, 2.45) is 5.73 Å². The molecule has 3 heterocycles. The van der Waals surface area contributed by atoms with Crippen molar-refractivity contribution in [1.82, 2.24) is 4.98 Å². The molecule has 0 fully saturated rings. The number of nitrogens with zero attached hydrogens (tertiary/aromatic N) is 1. The number of amides is 2. The molecule has 23 heavy (non-hydrogen) atoms. The van der Waals surface area contributed by atoms with Gasteiger partial charge in [-0.2, -0.15) is 0 Å². The van der Waals surface area contributed by atoms with Crippen LogP contribution in [0.5, 0.6) is 0 Å². The second-order valence-electron chi connectivity index (χ2n) is 4.44. The maximum absolute atomic E-state index is 11.8. The fourth-order valence-corrected chi connectivity index (χ4v) is 3.06. The second-order valence-corrected chi connectivity index (χ2v) is 6.28. The van der Waals surface area contributed by atoms with Crippen LogP contribution in [-0.2, 0) is 4.79 Å². The second kappa shape index (κ2) is 6.59. The number of hydrogen-bond acceptors (Lipinski definition) is 6. The molecule has 0 bridgehead atoms. The van der Waals surface area contributed by atoms with Gasteiger partial charge in [0.2, 0.25) is 5.91 Å². The number of carbonyl (C=O) groups is 2. The van der Waals surface area contributed by atoms with Gasteiger partial charge in [0, 0.05) is 16.3 Å². The van der Waals surface area contributed by atoms with E-state index < -0.39 is 5.91 Å². The van der Waals surface area contributed by atoms with Crippen LogP contribution in [0.2, 0.25) is 0 Å². The van der Waals surface area contributed by atoms with Gasteiger partial charge in [0.15, 0.2) is 10.9 Å². The molecule has 0 unspecified atom stereocenters. The number of carbonyl (C=O) groups excluding carboxylic acids is 2. The highest BCUT2D eigenvalue weighted by atomic mass is 32.1. The number of anilines is 1. The lowest BCUT2D eigenvalue weighted by molar-refractivity contribution is -0.111. The number of furan rings is 1. The lowest BCUT2D eigenvalue weighted by Gasteiger charge is -1.95. The average Bonchev–Trinajstić information content (AvgIpc) is 3.26. The van der Waals surface area contributed by atoms with E-state index in [0.717, 1.165) is 4.88 Å². The number of thiophene rings is 1. The van der Waals surface area contributed by atoms with Crippen LogP contribution >= 0.6 is 22.7 Å². The Bertz CT molecular complexity index is 862.